The Morgan fingerprint density at radius 1 is 1.36 bits per heavy atom. The van der Waals surface area contributed by atoms with Crippen molar-refractivity contribution in [2.75, 3.05) is 12.0 Å². The summed E-state index contributed by atoms with van der Waals surface area (Å²) >= 11 is 6.83. The quantitative estimate of drug-likeness (QED) is 0.356. The first kappa shape index (κ1) is 18.1. The molecular formula is C18H18BrN3OS2. The van der Waals surface area contributed by atoms with Crippen molar-refractivity contribution in [2.24, 2.45) is 5.10 Å². The molecule has 2 aromatic heterocycles. The Morgan fingerprint density at radius 2 is 2.24 bits per heavy atom. The molecule has 0 saturated carbocycles. The molecule has 0 atom stereocenters. The normalized spacial score (nSPS) is 11.2. The summed E-state index contributed by atoms with van der Waals surface area (Å²) in [6.45, 7) is 4.88. The average Bonchev–Trinajstić information content (AvgIpc) is 3.23. The maximum atomic E-state index is 5.65. The lowest BCUT2D eigenvalue weighted by molar-refractivity contribution is 0.315. The number of anilines is 1. The molecule has 0 unspecified atom stereocenters. The van der Waals surface area contributed by atoms with E-state index in [2.05, 4.69) is 56.7 Å². The monoisotopic (exact) mass is 435 g/mol. The summed E-state index contributed by atoms with van der Waals surface area (Å²) in [6.07, 6.45) is 2.76. The highest BCUT2D eigenvalue weighted by atomic mass is 79.9. The van der Waals surface area contributed by atoms with Crippen LogP contribution in [0.15, 0.2) is 45.3 Å². The van der Waals surface area contributed by atoms with Gasteiger partial charge in [-0.05, 0) is 64.5 Å². The third kappa shape index (κ3) is 4.68. The van der Waals surface area contributed by atoms with Gasteiger partial charge in [0.15, 0.2) is 0 Å². The minimum absolute atomic E-state index is 0.712. The Bertz CT molecular complexity index is 859. The highest BCUT2D eigenvalue weighted by Gasteiger charge is 2.10. The Balaban J connectivity index is 1.65. The van der Waals surface area contributed by atoms with E-state index in [9.17, 15) is 0 Å². The zero-order chi connectivity index (χ0) is 17.6. The van der Waals surface area contributed by atoms with Gasteiger partial charge in [-0.25, -0.2) is 4.98 Å². The van der Waals surface area contributed by atoms with E-state index in [1.54, 1.807) is 28.9 Å². The summed E-state index contributed by atoms with van der Waals surface area (Å²) in [4.78, 5) is 6.98. The second kappa shape index (κ2) is 8.60. The number of ether oxygens (including phenoxy) is 1. The molecule has 1 aromatic carbocycles. The number of rotatable bonds is 7. The van der Waals surface area contributed by atoms with E-state index in [0.717, 1.165) is 33.0 Å². The first-order valence-electron chi connectivity index (χ1n) is 7.90. The number of aryl methyl sites for hydroxylation is 1. The van der Waals surface area contributed by atoms with E-state index < -0.39 is 0 Å². The maximum Gasteiger partial charge on any atom is 0.204 e. The van der Waals surface area contributed by atoms with Crippen LogP contribution >= 0.6 is 38.6 Å². The van der Waals surface area contributed by atoms with Crippen LogP contribution in [0.4, 0.5) is 5.13 Å². The van der Waals surface area contributed by atoms with Crippen molar-refractivity contribution < 1.29 is 4.74 Å². The van der Waals surface area contributed by atoms with Crippen molar-refractivity contribution in [3.05, 3.63) is 50.6 Å². The van der Waals surface area contributed by atoms with Crippen LogP contribution in [0.2, 0.25) is 0 Å². The summed E-state index contributed by atoms with van der Waals surface area (Å²) in [6, 6.07) is 10.0. The van der Waals surface area contributed by atoms with Gasteiger partial charge in [-0.15, -0.1) is 22.7 Å². The fourth-order valence-corrected chi connectivity index (χ4v) is 4.30. The second-order valence-corrected chi connectivity index (χ2v) is 8.31. The molecule has 0 amide bonds. The number of benzene rings is 1. The molecule has 1 N–H and O–H groups in total. The van der Waals surface area contributed by atoms with Crippen LogP contribution in [0.5, 0.6) is 5.75 Å². The Hall–Kier alpha value is -1.70. The topological polar surface area (TPSA) is 46.5 Å². The Morgan fingerprint density at radius 3 is 2.96 bits per heavy atom. The molecule has 0 aliphatic heterocycles. The highest BCUT2D eigenvalue weighted by Crippen LogP contribution is 2.33. The number of aromatic nitrogens is 1. The van der Waals surface area contributed by atoms with Crippen molar-refractivity contribution >= 4 is 49.9 Å². The van der Waals surface area contributed by atoms with E-state index in [-0.39, 0.29) is 0 Å². The standard InChI is InChI=1S/C18H18BrN3OS2/c1-3-8-23-15-7-6-13(10-14(15)19)11-20-22-18-21-17(12(2)25-18)16-5-4-9-24-16/h4-7,9-11H,3,8H2,1-2H3,(H,21,22)/b20-11-. The smallest absolute Gasteiger partial charge is 0.204 e. The lowest BCUT2D eigenvalue weighted by Gasteiger charge is -2.07. The van der Waals surface area contributed by atoms with Gasteiger partial charge in [0.1, 0.15) is 5.75 Å². The lowest BCUT2D eigenvalue weighted by atomic mass is 10.2. The fraction of sp³-hybridized carbons (Fsp3) is 0.222. The van der Waals surface area contributed by atoms with Gasteiger partial charge in [-0.1, -0.05) is 13.0 Å². The van der Waals surface area contributed by atoms with Gasteiger partial charge in [0.05, 0.1) is 27.9 Å². The molecule has 0 aliphatic rings. The zero-order valence-corrected chi connectivity index (χ0v) is 17.2. The predicted octanol–water partition coefficient (Wildman–Crippen LogP) is 6.18. The fourth-order valence-electron chi connectivity index (χ4n) is 2.17. The van der Waals surface area contributed by atoms with E-state index in [1.807, 2.05) is 24.3 Å². The van der Waals surface area contributed by atoms with Gasteiger partial charge in [-0.2, -0.15) is 5.10 Å². The van der Waals surface area contributed by atoms with Crippen LogP contribution in [0, 0.1) is 6.92 Å². The van der Waals surface area contributed by atoms with Gasteiger partial charge < -0.3 is 4.74 Å². The molecule has 2 heterocycles. The molecule has 25 heavy (non-hydrogen) atoms. The van der Waals surface area contributed by atoms with Crippen LogP contribution < -0.4 is 10.2 Å². The maximum absolute atomic E-state index is 5.65. The molecule has 0 spiro atoms. The molecule has 0 aliphatic carbocycles. The number of halogens is 1. The number of hydrazone groups is 1. The van der Waals surface area contributed by atoms with Crippen molar-refractivity contribution in [2.45, 2.75) is 20.3 Å². The number of hydrogen-bond acceptors (Lipinski definition) is 6. The van der Waals surface area contributed by atoms with Crippen molar-refractivity contribution in [1.29, 1.82) is 0 Å². The van der Waals surface area contributed by atoms with Crippen molar-refractivity contribution in [3.63, 3.8) is 0 Å². The van der Waals surface area contributed by atoms with E-state index in [1.165, 1.54) is 9.75 Å². The number of thiophene rings is 1. The number of nitrogens with one attached hydrogen (secondary N) is 1. The Labute approximate surface area is 163 Å². The highest BCUT2D eigenvalue weighted by molar-refractivity contribution is 9.10. The first-order valence-corrected chi connectivity index (χ1v) is 10.4. The zero-order valence-electron chi connectivity index (χ0n) is 14.0. The van der Waals surface area contributed by atoms with Crippen LogP contribution in [0.25, 0.3) is 10.6 Å². The minimum Gasteiger partial charge on any atom is -0.492 e. The summed E-state index contributed by atoms with van der Waals surface area (Å²) in [5, 5.41) is 7.15. The van der Waals surface area contributed by atoms with E-state index in [4.69, 9.17) is 4.74 Å². The molecule has 7 heteroatoms. The van der Waals surface area contributed by atoms with Crippen LogP contribution in [-0.2, 0) is 0 Å². The first-order chi connectivity index (χ1) is 12.2. The molecular weight excluding hydrogens is 418 g/mol. The molecule has 0 radical (unpaired) electrons. The number of nitrogens with zero attached hydrogens (tertiary/aromatic N) is 2. The SMILES string of the molecule is CCCOc1ccc(/C=N\Nc2nc(-c3cccs3)c(C)s2)cc1Br. The van der Waals surface area contributed by atoms with Crippen molar-refractivity contribution in [1.82, 2.24) is 4.98 Å². The molecule has 130 valence electrons. The third-order valence-electron chi connectivity index (χ3n) is 3.34. The summed E-state index contributed by atoms with van der Waals surface area (Å²) in [7, 11) is 0. The van der Waals surface area contributed by atoms with Crippen LogP contribution in [0.1, 0.15) is 23.8 Å². The van der Waals surface area contributed by atoms with E-state index >= 15 is 0 Å². The lowest BCUT2D eigenvalue weighted by Crippen LogP contribution is -1.96. The van der Waals surface area contributed by atoms with Gasteiger partial charge in [0.2, 0.25) is 5.13 Å². The summed E-state index contributed by atoms with van der Waals surface area (Å²) < 4.78 is 6.58. The van der Waals surface area contributed by atoms with Crippen molar-refractivity contribution in [3.8, 4) is 16.3 Å². The van der Waals surface area contributed by atoms with Gasteiger partial charge >= 0.3 is 0 Å². The number of thiazole rings is 1. The van der Waals surface area contributed by atoms with E-state index in [0.29, 0.717) is 6.61 Å². The Kier molecular flexibility index (Phi) is 6.23. The molecule has 0 saturated heterocycles. The second-order valence-electron chi connectivity index (χ2n) is 5.31. The molecule has 0 bridgehead atoms. The minimum atomic E-state index is 0.712. The average molecular weight is 436 g/mol. The third-order valence-corrected chi connectivity index (χ3v) is 5.71. The summed E-state index contributed by atoms with van der Waals surface area (Å²) in [5.74, 6) is 0.850. The van der Waals surface area contributed by atoms with Crippen LogP contribution in [-0.4, -0.2) is 17.8 Å². The van der Waals surface area contributed by atoms with Gasteiger partial charge in [0, 0.05) is 4.88 Å². The molecule has 3 aromatic rings. The molecule has 3 rings (SSSR count). The predicted molar refractivity (Wildman–Crippen MR) is 111 cm³/mol. The molecule has 4 nitrogen and oxygen atoms in total. The number of hydrogen-bond donors (Lipinski definition) is 1. The van der Waals surface area contributed by atoms with Gasteiger partial charge in [0.25, 0.3) is 0 Å². The van der Waals surface area contributed by atoms with Crippen LogP contribution in [0.3, 0.4) is 0 Å². The van der Waals surface area contributed by atoms with Gasteiger partial charge in [-0.3, -0.25) is 5.43 Å². The largest absolute Gasteiger partial charge is 0.492 e. The summed E-state index contributed by atoms with van der Waals surface area (Å²) in [5.41, 5.74) is 5.03. The molecule has 0 fully saturated rings.